The van der Waals surface area contributed by atoms with Crippen molar-refractivity contribution in [2.24, 2.45) is 0 Å². The molecule has 0 aromatic heterocycles. The SMILES string of the molecule is COC(=O)c1ccccc1O.O=C[C@H](O)[C@@H](O)[C@H](O)[C@H](O)CO. The van der Waals surface area contributed by atoms with E-state index in [0.29, 0.717) is 0 Å². The summed E-state index contributed by atoms with van der Waals surface area (Å²) in [5, 5.41) is 52.6. The standard InChI is InChI=1S/C8H8O3.C6H12O6/c1-11-8(10)6-4-2-3-5-7(6)9;7-1-3(9)5(11)6(12)4(10)2-8/h2-5,9H,1H3;1,3-6,8-12H,2H2/t;3-,4+,5+,6+/m.0/s1. The zero-order chi connectivity index (χ0) is 18.0. The summed E-state index contributed by atoms with van der Waals surface area (Å²) in [6.07, 6.45) is -6.84. The Morgan fingerprint density at radius 1 is 1.17 bits per heavy atom. The first kappa shape index (κ1) is 21.0. The lowest BCUT2D eigenvalue weighted by molar-refractivity contribution is -0.136. The first-order valence-electron chi connectivity index (χ1n) is 6.44. The van der Waals surface area contributed by atoms with Gasteiger partial charge in [-0.3, -0.25) is 0 Å². The van der Waals surface area contributed by atoms with Crippen LogP contribution in [0.25, 0.3) is 0 Å². The van der Waals surface area contributed by atoms with E-state index in [1.807, 2.05) is 0 Å². The number of carbonyl (C=O) groups is 2. The van der Waals surface area contributed by atoms with E-state index < -0.39 is 37.0 Å². The average Bonchev–Trinajstić information content (AvgIpc) is 2.59. The van der Waals surface area contributed by atoms with E-state index in [1.54, 1.807) is 12.1 Å². The molecule has 0 heterocycles. The zero-order valence-corrected chi connectivity index (χ0v) is 12.3. The molecule has 0 unspecified atom stereocenters. The van der Waals surface area contributed by atoms with Crippen LogP contribution >= 0.6 is 0 Å². The Balaban J connectivity index is 0.000000422. The van der Waals surface area contributed by atoms with E-state index in [0.717, 1.165) is 0 Å². The van der Waals surface area contributed by atoms with E-state index >= 15 is 0 Å². The molecule has 0 fully saturated rings. The Morgan fingerprint density at radius 2 is 1.74 bits per heavy atom. The van der Waals surface area contributed by atoms with Gasteiger partial charge in [0.15, 0.2) is 6.29 Å². The van der Waals surface area contributed by atoms with Crippen LogP contribution in [-0.2, 0) is 9.53 Å². The molecule has 9 heteroatoms. The van der Waals surface area contributed by atoms with Crippen molar-refractivity contribution in [1.29, 1.82) is 0 Å². The number of aliphatic hydroxyl groups excluding tert-OH is 5. The fourth-order valence-electron chi connectivity index (χ4n) is 1.37. The predicted molar refractivity (Wildman–Crippen MR) is 76.6 cm³/mol. The molecular weight excluding hydrogens is 312 g/mol. The van der Waals surface area contributed by atoms with Crippen molar-refractivity contribution < 1.29 is 45.0 Å². The molecule has 0 amide bonds. The molecule has 1 rings (SSSR count). The van der Waals surface area contributed by atoms with Crippen LogP contribution in [0.1, 0.15) is 10.4 Å². The first-order chi connectivity index (χ1) is 10.8. The van der Waals surface area contributed by atoms with Crippen molar-refractivity contribution in [2.45, 2.75) is 24.4 Å². The molecule has 0 spiro atoms. The van der Waals surface area contributed by atoms with Gasteiger partial charge in [-0.05, 0) is 12.1 Å². The van der Waals surface area contributed by atoms with Crippen molar-refractivity contribution in [3.63, 3.8) is 0 Å². The third-order valence-corrected chi connectivity index (χ3v) is 2.73. The summed E-state index contributed by atoms with van der Waals surface area (Å²) < 4.78 is 4.42. The number of hydrogen-bond donors (Lipinski definition) is 6. The van der Waals surface area contributed by atoms with Gasteiger partial charge in [0.25, 0.3) is 0 Å². The highest BCUT2D eigenvalue weighted by molar-refractivity contribution is 5.92. The monoisotopic (exact) mass is 332 g/mol. The molecule has 1 aromatic rings. The fraction of sp³-hybridized carbons (Fsp3) is 0.429. The molecule has 1 aromatic carbocycles. The van der Waals surface area contributed by atoms with Crippen LogP contribution < -0.4 is 0 Å². The quantitative estimate of drug-likeness (QED) is 0.250. The van der Waals surface area contributed by atoms with Gasteiger partial charge in [-0.2, -0.15) is 0 Å². The Bertz CT molecular complexity index is 491. The number of benzene rings is 1. The second-order valence-corrected chi connectivity index (χ2v) is 4.37. The molecule has 4 atom stereocenters. The molecule has 0 aliphatic carbocycles. The number of phenolic OH excluding ortho intramolecular Hbond substituents is 1. The second-order valence-electron chi connectivity index (χ2n) is 4.37. The Hall–Kier alpha value is -2.04. The topological polar surface area (TPSA) is 165 Å². The molecule has 0 saturated heterocycles. The molecule has 0 aliphatic heterocycles. The summed E-state index contributed by atoms with van der Waals surface area (Å²) >= 11 is 0. The number of hydrogen-bond acceptors (Lipinski definition) is 9. The molecule has 130 valence electrons. The van der Waals surface area contributed by atoms with Crippen molar-refractivity contribution in [3.05, 3.63) is 29.8 Å². The summed E-state index contributed by atoms with van der Waals surface area (Å²) in [6.45, 7) is -0.760. The van der Waals surface area contributed by atoms with Gasteiger partial charge in [0.1, 0.15) is 35.7 Å². The highest BCUT2D eigenvalue weighted by atomic mass is 16.5. The normalized spacial score (nSPS) is 15.4. The maximum Gasteiger partial charge on any atom is 0.341 e. The Kier molecular flexibility index (Phi) is 9.70. The van der Waals surface area contributed by atoms with Crippen molar-refractivity contribution in [2.75, 3.05) is 13.7 Å². The van der Waals surface area contributed by atoms with Gasteiger partial charge >= 0.3 is 5.97 Å². The zero-order valence-electron chi connectivity index (χ0n) is 12.3. The number of aromatic hydroxyl groups is 1. The molecule has 0 aliphatic rings. The van der Waals surface area contributed by atoms with Crippen LogP contribution in [0.15, 0.2) is 24.3 Å². The Morgan fingerprint density at radius 3 is 2.17 bits per heavy atom. The fourth-order valence-corrected chi connectivity index (χ4v) is 1.37. The molecule has 0 saturated carbocycles. The minimum absolute atomic E-state index is 0.0258. The summed E-state index contributed by atoms with van der Waals surface area (Å²) in [5.41, 5.74) is 0.190. The van der Waals surface area contributed by atoms with Gasteiger partial charge in [0, 0.05) is 0 Å². The summed E-state index contributed by atoms with van der Waals surface area (Å²) in [7, 11) is 1.27. The summed E-state index contributed by atoms with van der Waals surface area (Å²) in [5.74, 6) is -0.581. The van der Waals surface area contributed by atoms with E-state index in [1.165, 1.54) is 19.2 Å². The highest BCUT2D eigenvalue weighted by Gasteiger charge is 2.29. The van der Waals surface area contributed by atoms with Crippen LogP contribution in [0.3, 0.4) is 0 Å². The van der Waals surface area contributed by atoms with Crippen molar-refractivity contribution in [1.82, 2.24) is 0 Å². The summed E-state index contributed by atoms with van der Waals surface area (Å²) in [4.78, 5) is 20.7. The number of methoxy groups -OCH3 is 1. The smallest absolute Gasteiger partial charge is 0.341 e. The highest BCUT2D eigenvalue weighted by Crippen LogP contribution is 2.15. The van der Waals surface area contributed by atoms with Gasteiger partial charge in [0.2, 0.25) is 0 Å². The van der Waals surface area contributed by atoms with Crippen molar-refractivity contribution >= 4 is 12.3 Å². The van der Waals surface area contributed by atoms with Crippen LogP contribution in [0.2, 0.25) is 0 Å². The minimum Gasteiger partial charge on any atom is -0.507 e. The predicted octanol–water partition coefficient (Wildman–Crippen LogP) is -2.20. The minimum atomic E-state index is -1.79. The third-order valence-electron chi connectivity index (χ3n) is 2.73. The van der Waals surface area contributed by atoms with E-state index in [4.69, 9.17) is 30.6 Å². The molecule has 6 N–H and O–H groups in total. The van der Waals surface area contributed by atoms with E-state index in [2.05, 4.69) is 4.74 Å². The number of ether oxygens (including phenoxy) is 1. The Labute approximate surface area is 132 Å². The maximum absolute atomic E-state index is 10.9. The molecule has 0 radical (unpaired) electrons. The molecular formula is C14H20O9. The van der Waals surface area contributed by atoms with Crippen LogP contribution in [0, 0.1) is 0 Å². The van der Waals surface area contributed by atoms with Gasteiger partial charge in [0.05, 0.1) is 13.7 Å². The lowest BCUT2D eigenvalue weighted by Gasteiger charge is -2.22. The molecule has 23 heavy (non-hydrogen) atoms. The van der Waals surface area contributed by atoms with Crippen LogP contribution in [0.4, 0.5) is 0 Å². The lowest BCUT2D eigenvalue weighted by atomic mass is 10.0. The van der Waals surface area contributed by atoms with Gasteiger partial charge in [-0.15, -0.1) is 0 Å². The largest absolute Gasteiger partial charge is 0.507 e. The second kappa shape index (κ2) is 10.6. The van der Waals surface area contributed by atoms with Crippen molar-refractivity contribution in [3.8, 4) is 5.75 Å². The number of phenols is 1. The van der Waals surface area contributed by atoms with E-state index in [-0.39, 0.29) is 17.6 Å². The van der Waals surface area contributed by atoms with Crippen LogP contribution in [-0.4, -0.2) is 81.0 Å². The number of para-hydroxylation sites is 1. The third kappa shape index (κ3) is 6.72. The number of carbonyl (C=O) groups excluding carboxylic acids is 2. The number of aldehydes is 1. The summed E-state index contributed by atoms with van der Waals surface area (Å²) in [6, 6.07) is 6.24. The lowest BCUT2D eigenvalue weighted by Crippen LogP contribution is -2.46. The number of aliphatic hydroxyl groups is 5. The van der Waals surface area contributed by atoms with Gasteiger partial charge in [-0.1, -0.05) is 12.1 Å². The molecule has 0 bridgehead atoms. The maximum atomic E-state index is 10.9. The van der Waals surface area contributed by atoms with Gasteiger partial charge in [-0.25, -0.2) is 4.79 Å². The molecule has 9 nitrogen and oxygen atoms in total. The average molecular weight is 332 g/mol. The number of rotatable bonds is 6. The van der Waals surface area contributed by atoms with E-state index in [9.17, 15) is 9.59 Å². The number of esters is 1. The van der Waals surface area contributed by atoms with Crippen LogP contribution in [0.5, 0.6) is 5.75 Å². The van der Waals surface area contributed by atoms with Gasteiger partial charge < -0.3 is 40.2 Å². The first-order valence-corrected chi connectivity index (χ1v) is 6.44.